The summed E-state index contributed by atoms with van der Waals surface area (Å²) >= 11 is 6.09. The summed E-state index contributed by atoms with van der Waals surface area (Å²) in [5.74, 6) is 0.631. The van der Waals surface area contributed by atoms with Crippen molar-refractivity contribution in [2.75, 3.05) is 12.4 Å². The highest BCUT2D eigenvalue weighted by Gasteiger charge is 2.32. The van der Waals surface area contributed by atoms with Gasteiger partial charge in [0.2, 0.25) is 5.91 Å². The zero-order chi connectivity index (χ0) is 15.2. The number of nitrogens with one attached hydrogen (secondary N) is 1. The summed E-state index contributed by atoms with van der Waals surface area (Å²) in [6.07, 6.45) is 1.94. The molecule has 0 saturated heterocycles. The number of halogens is 1. The van der Waals surface area contributed by atoms with Gasteiger partial charge in [0.25, 0.3) is 0 Å². The molecule has 0 aliphatic heterocycles. The average Bonchev–Trinajstić information content (AvgIpc) is 2.49. The zero-order valence-electron chi connectivity index (χ0n) is 13.0. The van der Waals surface area contributed by atoms with E-state index in [1.807, 2.05) is 44.2 Å². The van der Waals surface area contributed by atoms with Crippen molar-refractivity contribution in [3.05, 3.63) is 35.9 Å². The summed E-state index contributed by atoms with van der Waals surface area (Å²) in [4.78, 5) is 12.5. The quantitative estimate of drug-likeness (QED) is 0.753. The van der Waals surface area contributed by atoms with E-state index in [1.54, 1.807) is 0 Å². The first kappa shape index (κ1) is 17.0. The lowest BCUT2D eigenvalue weighted by atomic mass is 9.81. The van der Waals surface area contributed by atoms with Crippen molar-refractivity contribution >= 4 is 17.5 Å². The third kappa shape index (κ3) is 3.76. The van der Waals surface area contributed by atoms with Gasteiger partial charge in [-0.3, -0.25) is 4.79 Å². The maximum absolute atomic E-state index is 12.5. The molecule has 0 unspecified atom stereocenters. The van der Waals surface area contributed by atoms with E-state index in [9.17, 15) is 4.79 Å². The molecule has 0 fully saturated rings. The molecule has 0 atom stereocenters. The van der Waals surface area contributed by atoms with Crippen LogP contribution in [-0.2, 0) is 10.2 Å². The minimum absolute atomic E-state index is 0.00395. The lowest BCUT2D eigenvalue weighted by Crippen LogP contribution is -2.45. The van der Waals surface area contributed by atoms with E-state index in [1.165, 1.54) is 0 Å². The molecule has 0 heterocycles. The Morgan fingerprint density at radius 2 is 1.70 bits per heavy atom. The molecule has 1 rings (SSSR count). The largest absolute Gasteiger partial charge is 0.355 e. The van der Waals surface area contributed by atoms with Crippen LogP contribution in [0.3, 0.4) is 0 Å². The topological polar surface area (TPSA) is 29.1 Å². The molecule has 0 radical (unpaired) electrons. The van der Waals surface area contributed by atoms with E-state index < -0.39 is 5.41 Å². The first-order chi connectivity index (χ1) is 9.41. The molecule has 1 amide bonds. The Bertz CT molecular complexity index is 416. The van der Waals surface area contributed by atoms with Gasteiger partial charge in [-0.25, -0.2) is 0 Å². The van der Waals surface area contributed by atoms with Crippen molar-refractivity contribution in [1.82, 2.24) is 5.32 Å². The molecule has 1 N–H and O–H groups in total. The maximum atomic E-state index is 12.5. The second-order valence-electron chi connectivity index (χ2n) is 6.01. The van der Waals surface area contributed by atoms with Crippen LogP contribution in [0.4, 0.5) is 0 Å². The fraction of sp³-hybridized carbons (Fsp3) is 0.588. The number of carbonyl (C=O) groups excluding carboxylic acids is 1. The molecule has 0 spiro atoms. The highest BCUT2D eigenvalue weighted by atomic mass is 35.5. The minimum atomic E-state index is -0.527. The number of rotatable bonds is 7. The van der Waals surface area contributed by atoms with Gasteiger partial charge < -0.3 is 5.32 Å². The summed E-state index contributed by atoms with van der Waals surface area (Å²) < 4.78 is 0. The van der Waals surface area contributed by atoms with Gasteiger partial charge in [-0.1, -0.05) is 44.2 Å². The maximum Gasteiger partial charge on any atom is 0.230 e. The summed E-state index contributed by atoms with van der Waals surface area (Å²) in [5, 5.41) is 3.09. The smallest absolute Gasteiger partial charge is 0.230 e. The van der Waals surface area contributed by atoms with Crippen LogP contribution in [0.1, 0.15) is 46.1 Å². The monoisotopic (exact) mass is 295 g/mol. The highest BCUT2D eigenvalue weighted by Crippen LogP contribution is 2.28. The summed E-state index contributed by atoms with van der Waals surface area (Å²) in [6, 6.07) is 9.88. The van der Waals surface area contributed by atoms with Crippen LogP contribution in [0.5, 0.6) is 0 Å². The van der Waals surface area contributed by atoms with Gasteiger partial charge >= 0.3 is 0 Å². The number of amides is 1. The summed E-state index contributed by atoms with van der Waals surface area (Å²) in [6.45, 7) is 8.80. The number of benzene rings is 1. The van der Waals surface area contributed by atoms with Crippen LogP contribution >= 0.6 is 11.6 Å². The molecular weight excluding hydrogens is 270 g/mol. The fourth-order valence-electron chi connectivity index (χ4n) is 2.21. The first-order valence-corrected chi connectivity index (χ1v) is 7.85. The van der Waals surface area contributed by atoms with Crippen molar-refractivity contribution in [3.8, 4) is 0 Å². The lowest BCUT2D eigenvalue weighted by Gasteiger charge is -2.32. The zero-order valence-corrected chi connectivity index (χ0v) is 13.8. The van der Waals surface area contributed by atoms with Gasteiger partial charge in [-0.2, -0.15) is 0 Å². The van der Waals surface area contributed by atoms with Crippen LogP contribution in [0.25, 0.3) is 0 Å². The van der Waals surface area contributed by atoms with Gasteiger partial charge in [0.05, 0.1) is 5.41 Å². The predicted octanol–water partition coefficient (Wildman–Crippen LogP) is 4.13. The highest BCUT2D eigenvalue weighted by molar-refractivity contribution is 6.18. The van der Waals surface area contributed by atoms with Crippen LogP contribution in [0.15, 0.2) is 30.3 Å². The average molecular weight is 296 g/mol. The van der Waals surface area contributed by atoms with Crippen molar-refractivity contribution in [2.24, 2.45) is 5.41 Å². The van der Waals surface area contributed by atoms with Gasteiger partial charge in [-0.15, -0.1) is 11.6 Å². The van der Waals surface area contributed by atoms with Gasteiger partial charge in [0.1, 0.15) is 0 Å². The van der Waals surface area contributed by atoms with Crippen molar-refractivity contribution in [1.29, 1.82) is 0 Å². The second kappa shape index (κ2) is 7.12. The van der Waals surface area contributed by atoms with E-state index >= 15 is 0 Å². The Labute approximate surface area is 127 Å². The minimum Gasteiger partial charge on any atom is -0.355 e. The Kier molecular flexibility index (Phi) is 6.07. The van der Waals surface area contributed by atoms with Crippen molar-refractivity contribution in [2.45, 2.75) is 46.0 Å². The SMILES string of the molecule is CCC(CC)(CCl)CNC(=O)C(C)(C)c1ccccc1. The molecule has 1 aromatic rings. The molecule has 0 aliphatic rings. The molecule has 20 heavy (non-hydrogen) atoms. The van der Waals surface area contributed by atoms with E-state index in [0.29, 0.717) is 12.4 Å². The van der Waals surface area contributed by atoms with Crippen molar-refractivity contribution in [3.63, 3.8) is 0 Å². The van der Waals surface area contributed by atoms with Crippen molar-refractivity contribution < 1.29 is 4.79 Å². The molecule has 0 bridgehead atoms. The molecule has 0 aromatic heterocycles. The Morgan fingerprint density at radius 3 is 2.15 bits per heavy atom. The van der Waals surface area contributed by atoms with E-state index in [-0.39, 0.29) is 11.3 Å². The standard InChI is InChI=1S/C17H26ClNO/c1-5-17(6-2,12-18)13-19-15(20)16(3,4)14-10-8-7-9-11-14/h7-11H,5-6,12-13H2,1-4H3,(H,19,20). The van der Waals surface area contributed by atoms with E-state index in [2.05, 4.69) is 19.2 Å². The van der Waals surface area contributed by atoms with Crippen LogP contribution in [-0.4, -0.2) is 18.3 Å². The molecular formula is C17H26ClNO. The number of alkyl halides is 1. The first-order valence-electron chi connectivity index (χ1n) is 7.31. The fourth-order valence-corrected chi connectivity index (χ4v) is 2.68. The number of carbonyl (C=O) groups is 1. The molecule has 1 aromatic carbocycles. The van der Waals surface area contributed by atoms with Gasteiger partial charge in [0.15, 0.2) is 0 Å². The van der Waals surface area contributed by atoms with E-state index in [0.717, 1.165) is 18.4 Å². The van der Waals surface area contributed by atoms with Gasteiger partial charge in [0, 0.05) is 17.8 Å². The molecule has 112 valence electrons. The van der Waals surface area contributed by atoms with E-state index in [4.69, 9.17) is 11.6 Å². The number of hydrogen-bond acceptors (Lipinski definition) is 1. The predicted molar refractivity (Wildman–Crippen MR) is 86.2 cm³/mol. The van der Waals surface area contributed by atoms with Crippen LogP contribution in [0, 0.1) is 5.41 Å². The lowest BCUT2D eigenvalue weighted by molar-refractivity contribution is -0.126. The second-order valence-corrected chi connectivity index (χ2v) is 6.28. The normalized spacial score (nSPS) is 12.2. The number of hydrogen-bond donors (Lipinski definition) is 1. The third-order valence-corrected chi connectivity index (χ3v) is 5.04. The molecule has 0 aliphatic carbocycles. The summed E-state index contributed by atoms with van der Waals surface area (Å²) in [7, 11) is 0. The molecule has 3 heteroatoms. The molecule has 2 nitrogen and oxygen atoms in total. The summed E-state index contributed by atoms with van der Waals surface area (Å²) in [5.41, 5.74) is 0.507. The third-order valence-electron chi connectivity index (χ3n) is 4.47. The Hall–Kier alpha value is -1.02. The van der Waals surface area contributed by atoms with Crippen LogP contribution in [0.2, 0.25) is 0 Å². The molecule has 0 saturated carbocycles. The van der Waals surface area contributed by atoms with Crippen LogP contribution < -0.4 is 5.32 Å². The Morgan fingerprint density at radius 1 is 1.15 bits per heavy atom. The Balaban J connectivity index is 2.76. The van der Waals surface area contributed by atoms with Gasteiger partial charge in [-0.05, 0) is 32.3 Å².